The van der Waals surface area contributed by atoms with Crippen LogP contribution in [0.15, 0.2) is 11.1 Å². The van der Waals surface area contributed by atoms with Gasteiger partial charge >= 0.3 is 0 Å². The number of halogens is 1. The highest BCUT2D eigenvalue weighted by Crippen LogP contribution is 2.00. The Bertz CT molecular complexity index is 517. The number of aliphatic carboxylic acids is 1. The first-order valence-electron chi connectivity index (χ1n) is 4.80. The van der Waals surface area contributed by atoms with E-state index in [4.69, 9.17) is 11.6 Å². The van der Waals surface area contributed by atoms with Crippen LogP contribution in [0.5, 0.6) is 0 Å². The van der Waals surface area contributed by atoms with Crippen molar-refractivity contribution in [2.24, 2.45) is 0 Å². The highest BCUT2D eigenvalue weighted by atomic mass is 35.5. The molecule has 1 rings (SSSR count). The highest BCUT2D eigenvalue weighted by molar-refractivity contribution is 6.33. The number of aromatic amines is 1. The Kier molecular flexibility index (Phi) is 4.31. The van der Waals surface area contributed by atoms with Gasteiger partial charge in [0.2, 0.25) is 0 Å². The van der Waals surface area contributed by atoms with E-state index in [2.05, 4.69) is 16.5 Å². The summed E-state index contributed by atoms with van der Waals surface area (Å²) in [4.78, 5) is 17.4. The molecule has 0 bridgehead atoms. The molecule has 5 heteroatoms. The number of carbonyl (C=O) groups is 1. The van der Waals surface area contributed by atoms with Crippen LogP contribution in [0.4, 0.5) is 0 Å². The van der Waals surface area contributed by atoms with Crippen molar-refractivity contribution in [3.05, 3.63) is 27.6 Å². The van der Waals surface area contributed by atoms with E-state index in [1.54, 1.807) is 12.2 Å². The van der Waals surface area contributed by atoms with Crippen LogP contribution in [0.1, 0.15) is 19.2 Å². The fourth-order valence-electron chi connectivity index (χ4n) is 1.15. The fraction of sp³-hybridized carbons (Fsp3) is 0.273. The summed E-state index contributed by atoms with van der Waals surface area (Å²) in [5.74, 6) is -0.528. The molecule has 1 aromatic heterocycles. The van der Waals surface area contributed by atoms with E-state index in [1.807, 2.05) is 6.92 Å². The summed E-state index contributed by atoms with van der Waals surface area (Å²) in [5, 5.41) is 12.1. The molecule has 0 radical (unpaired) electrons. The van der Waals surface area contributed by atoms with Crippen LogP contribution in [0, 0.1) is 0 Å². The first-order valence-corrected chi connectivity index (χ1v) is 5.18. The van der Waals surface area contributed by atoms with E-state index in [9.17, 15) is 9.90 Å². The number of rotatable bonds is 4. The monoisotopic (exact) mass is 239 g/mol. The van der Waals surface area contributed by atoms with Gasteiger partial charge < -0.3 is 14.9 Å². The Hall–Kier alpha value is -1.55. The third-order valence-corrected chi connectivity index (χ3v) is 2.30. The SMILES string of the molecule is C=c1[nH]c(CCC(=O)[O-])nc1=C/C(Cl)=C\C. The number of imidazole rings is 1. The quantitative estimate of drug-likeness (QED) is 0.765. The molecule has 86 valence electrons. The van der Waals surface area contributed by atoms with E-state index in [0.717, 1.165) is 0 Å². The molecule has 4 nitrogen and oxygen atoms in total. The molecule has 0 spiro atoms. The van der Waals surface area contributed by atoms with Crippen molar-refractivity contribution in [2.45, 2.75) is 19.8 Å². The second-order valence-corrected chi connectivity index (χ2v) is 3.67. The van der Waals surface area contributed by atoms with E-state index >= 15 is 0 Å². The Morgan fingerprint density at radius 1 is 1.69 bits per heavy atom. The number of aryl methyl sites for hydroxylation is 1. The number of H-pyrrole nitrogens is 1. The largest absolute Gasteiger partial charge is 0.550 e. The van der Waals surface area contributed by atoms with Crippen LogP contribution >= 0.6 is 11.6 Å². The summed E-state index contributed by atoms with van der Waals surface area (Å²) in [7, 11) is 0. The fourth-order valence-corrected chi connectivity index (χ4v) is 1.25. The molecule has 0 aliphatic carbocycles. The Morgan fingerprint density at radius 3 is 2.94 bits per heavy atom. The van der Waals surface area contributed by atoms with Crippen molar-refractivity contribution in [3.8, 4) is 0 Å². The van der Waals surface area contributed by atoms with Crippen molar-refractivity contribution in [3.63, 3.8) is 0 Å². The molecule has 0 atom stereocenters. The number of nitrogens with one attached hydrogen (secondary N) is 1. The Labute approximate surface area is 98.0 Å². The molecule has 1 N–H and O–H groups in total. The smallest absolute Gasteiger partial charge is 0.107 e. The lowest BCUT2D eigenvalue weighted by molar-refractivity contribution is -0.305. The average Bonchev–Trinajstić information content (AvgIpc) is 2.56. The molecule has 16 heavy (non-hydrogen) atoms. The number of allylic oxidation sites excluding steroid dienone is 2. The zero-order valence-electron chi connectivity index (χ0n) is 8.92. The summed E-state index contributed by atoms with van der Waals surface area (Å²) in [6, 6.07) is 0. The van der Waals surface area contributed by atoms with Crippen molar-refractivity contribution in [1.82, 2.24) is 9.97 Å². The van der Waals surface area contributed by atoms with Gasteiger partial charge in [-0.3, -0.25) is 0 Å². The molecule has 0 saturated carbocycles. The third kappa shape index (κ3) is 3.55. The zero-order chi connectivity index (χ0) is 12.1. The molecule has 0 aromatic carbocycles. The number of aromatic nitrogens is 2. The van der Waals surface area contributed by atoms with Gasteiger partial charge in [-0.05, 0) is 19.4 Å². The zero-order valence-corrected chi connectivity index (χ0v) is 9.67. The van der Waals surface area contributed by atoms with E-state index in [-0.39, 0.29) is 6.42 Å². The molecule has 1 heterocycles. The molecule has 0 unspecified atom stereocenters. The van der Waals surface area contributed by atoms with Crippen LogP contribution in [-0.4, -0.2) is 15.9 Å². The Balaban J connectivity index is 2.95. The number of carbonyl (C=O) groups excluding carboxylic acids is 1. The summed E-state index contributed by atoms with van der Waals surface area (Å²) in [6.07, 6.45) is 3.63. The lowest BCUT2D eigenvalue weighted by Crippen LogP contribution is -2.22. The first kappa shape index (κ1) is 12.5. The van der Waals surface area contributed by atoms with Crippen molar-refractivity contribution in [2.75, 3.05) is 0 Å². The van der Waals surface area contributed by atoms with E-state index in [0.29, 0.717) is 28.0 Å². The van der Waals surface area contributed by atoms with Gasteiger partial charge in [-0.15, -0.1) is 0 Å². The van der Waals surface area contributed by atoms with Gasteiger partial charge in [-0.1, -0.05) is 24.3 Å². The standard InChI is InChI=1S/C11H13ClN2O2/c1-3-8(12)6-9-7(2)13-10(14-9)4-5-11(15)16/h3,6H,2,4-5H2,1H3,(H,13,14)(H,15,16)/p-1/b8-3+,9-6?. The molecule has 0 amide bonds. The Morgan fingerprint density at radius 2 is 2.38 bits per heavy atom. The van der Waals surface area contributed by atoms with Gasteiger partial charge in [0.25, 0.3) is 0 Å². The molecular weight excluding hydrogens is 228 g/mol. The van der Waals surface area contributed by atoms with Crippen molar-refractivity contribution < 1.29 is 9.90 Å². The molecule has 0 saturated heterocycles. The minimum atomic E-state index is -1.10. The minimum Gasteiger partial charge on any atom is -0.550 e. The van der Waals surface area contributed by atoms with Gasteiger partial charge in [0.15, 0.2) is 0 Å². The lowest BCUT2D eigenvalue weighted by Gasteiger charge is -1.97. The van der Waals surface area contributed by atoms with Crippen molar-refractivity contribution >= 4 is 30.2 Å². The van der Waals surface area contributed by atoms with Gasteiger partial charge in [-0.25, -0.2) is 4.98 Å². The second-order valence-electron chi connectivity index (χ2n) is 3.24. The maximum absolute atomic E-state index is 10.3. The molecule has 0 aliphatic rings. The van der Waals surface area contributed by atoms with Crippen LogP contribution in [0.2, 0.25) is 0 Å². The maximum Gasteiger partial charge on any atom is 0.107 e. The first-order chi connectivity index (χ1) is 7.52. The van der Waals surface area contributed by atoms with Gasteiger partial charge in [0, 0.05) is 17.4 Å². The topological polar surface area (TPSA) is 68.8 Å². The molecule has 0 aliphatic heterocycles. The highest BCUT2D eigenvalue weighted by Gasteiger charge is 1.98. The molecule has 1 aromatic rings. The molecule has 0 fully saturated rings. The van der Waals surface area contributed by atoms with Crippen LogP contribution < -0.4 is 15.8 Å². The third-order valence-electron chi connectivity index (χ3n) is 1.98. The number of carboxylic acids is 1. The number of hydrogen-bond donors (Lipinski definition) is 1. The second kappa shape index (κ2) is 5.51. The van der Waals surface area contributed by atoms with Crippen LogP contribution in [-0.2, 0) is 11.2 Å². The summed E-state index contributed by atoms with van der Waals surface area (Å²) in [5.41, 5.74) is 0. The van der Waals surface area contributed by atoms with E-state index in [1.165, 1.54) is 0 Å². The maximum atomic E-state index is 10.3. The minimum absolute atomic E-state index is 0.0657. The van der Waals surface area contributed by atoms with Gasteiger partial charge in [0.1, 0.15) is 5.82 Å². The predicted octanol–water partition coefficient (Wildman–Crippen LogP) is -0.574. The lowest BCUT2D eigenvalue weighted by atomic mass is 10.3. The van der Waals surface area contributed by atoms with E-state index < -0.39 is 5.97 Å². The normalized spacial score (nSPS) is 13.1. The van der Waals surface area contributed by atoms with Crippen LogP contribution in [0.3, 0.4) is 0 Å². The average molecular weight is 240 g/mol. The number of hydrogen-bond acceptors (Lipinski definition) is 3. The molecular formula is C11H12ClN2O2-. The summed E-state index contributed by atoms with van der Waals surface area (Å²) < 4.78 is 0. The summed E-state index contributed by atoms with van der Waals surface area (Å²) >= 11 is 5.83. The van der Waals surface area contributed by atoms with Gasteiger partial charge in [0.05, 0.1) is 10.7 Å². The van der Waals surface area contributed by atoms with Gasteiger partial charge in [-0.2, -0.15) is 0 Å². The van der Waals surface area contributed by atoms with Crippen LogP contribution in [0.25, 0.3) is 12.7 Å². The number of nitrogens with zero attached hydrogens (tertiary/aromatic N) is 1. The summed E-state index contributed by atoms with van der Waals surface area (Å²) in [6.45, 7) is 5.57. The number of carboxylic acid groups (broad SMARTS) is 1. The predicted molar refractivity (Wildman–Crippen MR) is 60.8 cm³/mol. The van der Waals surface area contributed by atoms with Crippen molar-refractivity contribution in [1.29, 1.82) is 0 Å².